The molecule has 1 amide bonds. The van der Waals surface area contributed by atoms with E-state index in [9.17, 15) is 4.79 Å². The summed E-state index contributed by atoms with van der Waals surface area (Å²) in [5.74, 6) is 0. The van der Waals surface area contributed by atoms with E-state index in [0.717, 1.165) is 5.69 Å². The van der Waals surface area contributed by atoms with Crippen molar-refractivity contribution in [1.29, 1.82) is 0 Å². The van der Waals surface area contributed by atoms with Gasteiger partial charge in [-0.25, -0.2) is 9.78 Å². The highest BCUT2D eigenvalue weighted by molar-refractivity contribution is 5.87. The van der Waals surface area contributed by atoms with Crippen LogP contribution in [0.3, 0.4) is 0 Å². The van der Waals surface area contributed by atoms with Crippen LogP contribution in [0.2, 0.25) is 0 Å². The molecule has 1 N–H and O–H groups in total. The Balaban J connectivity index is 2.25. The summed E-state index contributed by atoms with van der Waals surface area (Å²) in [6.45, 7) is 2.11. The van der Waals surface area contributed by atoms with Crippen LogP contribution in [0.25, 0.3) is 5.69 Å². The zero-order chi connectivity index (χ0) is 12.1. The van der Waals surface area contributed by atoms with Crippen molar-refractivity contribution < 1.29 is 9.53 Å². The van der Waals surface area contributed by atoms with E-state index in [1.54, 1.807) is 19.4 Å². The molecule has 17 heavy (non-hydrogen) atoms. The maximum Gasteiger partial charge on any atom is 0.411 e. The van der Waals surface area contributed by atoms with Gasteiger partial charge in [-0.3, -0.25) is 5.32 Å². The molecule has 1 heterocycles. The van der Waals surface area contributed by atoms with Gasteiger partial charge in [0.05, 0.1) is 24.3 Å². The van der Waals surface area contributed by atoms with E-state index in [2.05, 4.69) is 10.3 Å². The summed E-state index contributed by atoms with van der Waals surface area (Å²) in [6.07, 6.45) is 4.71. The monoisotopic (exact) mass is 231 g/mol. The van der Waals surface area contributed by atoms with Crippen molar-refractivity contribution in [2.24, 2.45) is 0 Å². The number of aromatic nitrogens is 2. The van der Waals surface area contributed by atoms with Crippen molar-refractivity contribution >= 4 is 11.8 Å². The molecule has 2 aromatic rings. The van der Waals surface area contributed by atoms with Crippen molar-refractivity contribution in [2.45, 2.75) is 6.92 Å². The topological polar surface area (TPSA) is 56.1 Å². The summed E-state index contributed by atoms with van der Waals surface area (Å²) >= 11 is 0. The smallest absolute Gasteiger partial charge is 0.411 e. The number of hydrogen-bond donors (Lipinski definition) is 1. The molecule has 5 nitrogen and oxygen atoms in total. The van der Waals surface area contributed by atoms with Crippen LogP contribution < -0.4 is 5.32 Å². The molecule has 1 aromatic heterocycles. The Morgan fingerprint density at radius 3 is 3.00 bits per heavy atom. The van der Waals surface area contributed by atoms with E-state index in [1.807, 2.05) is 35.0 Å². The van der Waals surface area contributed by atoms with Crippen LogP contribution in [0, 0.1) is 0 Å². The van der Waals surface area contributed by atoms with Crippen molar-refractivity contribution in [3.8, 4) is 5.69 Å². The van der Waals surface area contributed by atoms with Crippen LogP contribution in [-0.2, 0) is 4.74 Å². The number of para-hydroxylation sites is 2. The zero-order valence-electron chi connectivity index (χ0n) is 9.46. The number of nitrogens with zero attached hydrogens (tertiary/aromatic N) is 2. The molecule has 0 spiro atoms. The van der Waals surface area contributed by atoms with Gasteiger partial charge >= 0.3 is 6.09 Å². The normalized spacial score (nSPS) is 9.94. The minimum atomic E-state index is -0.458. The standard InChI is InChI=1S/C12H13N3O2/c1-2-17-12(16)14-10-5-3-4-6-11(10)15-8-7-13-9-15/h3-9H,2H2,1H3,(H,14,16). The maximum atomic E-state index is 11.4. The number of nitrogens with one attached hydrogen (secondary N) is 1. The van der Waals surface area contributed by atoms with Crippen LogP contribution in [0.4, 0.5) is 10.5 Å². The highest BCUT2D eigenvalue weighted by atomic mass is 16.5. The molecule has 0 saturated carbocycles. The van der Waals surface area contributed by atoms with Gasteiger partial charge in [-0.05, 0) is 19.1 Å². The van der Waals surface area contributed by atoms with E-state index >= 15 is 0 Å². The van der Waals surface area contributed by atoms with Gasteiger partial charge in [0, 0.05) is 12.4 Å². The summed E-state index contributed by atoms with van der Waals surface area (Å²) in [5.41, 5.74) is 1.53. The molecular formula is C12H13N3O2. The molecule has 0 saturated heterocycles. The second-order valence-corrected chi connectivity index (χ2v) is 3.33. The largest absolute Gasteiger partial charge is 0.450 e. The number of benzene rings is 1. The average Bonchev–Trinajstić information content (AvgIpc) is 2.83. The lowest BCUT2D eigenvalue weighted by molar-refractivity contribution is 0.168. The first-order valence-corrected chi connectivity index (χ1v) is 5.32. The second kappa shape index (κ2) is 5.16. The first-order valence-electron chi connectivity index (χ1n) is 5.32. The Bertz CT molecular complexity index is 494. The number of carbonyl (C=O) groups excluding carboxylic acids is 1. The summed E-state index contributed by atoms with van der Waals surface area (Å²) in [7, 11) is 0. The summed E-state index contributed by atoms with van der Waals surface area (Å²) < 4.78 is 6.66. The molecule has 0 aliphatic heterocycles. The fraction of sp³-hybridized carbons (Fsp3) is 0.167. The minimum absolute atomic E-state index is 0.346. The molecule has 88 valence electrons. The Morgan fingerprint density at radius 2 is 2.29 bits per heavy atom. The number of amides is 1. The van der Waals surface area contributed by atoms with Gasteiger partial charge in [0.25, 0.3) is 0 Å². The number of rotatable bonds is 3. The average molecular weight is 231 g/mol. The van der Waals surface area contributed by atoms with Gasteiger partial charge < -0.3 is 9.30 Å². The van der Waals surface area contributed by atoms with Crippen molar-refractivity contribution in [1.82, 2.24) is 9.55 Å². The van der Waals surface area contributed by atoms with Crippen LogP contribution in [0.15, 0.2) is 43.0 Å². The number of carbonyl (C=O) groups is 1. The molecule has 0 aliphatic carbocycles. The predicted molar refractivity (Wildman–Crippen MR) is 64.2 cm³/mol. The van der Waals surface area contributed by atoms with Gasteiger partial charge in [0.2, 0.25) is 0 Å². The van der Waals surface area contributed by atoms with Crippen molar-refractivity contribution in [3.05, 3.63) is 43.0 Å². The number of hydrogen-bond acceptors (Lipinski definition) is 3. The lowest BCUT2D eigenvalue weighted by Gasteiger charge is -2.10. The SMILES string of the molecule is CCOC(=O)Nc1ccccc1-n1ccnc1. The molecule has 0 aliphatic rings. The van der Waals surface area contributed by atoms with Gasteiger partial charge in [0.15, 0.2) is 0 Å². The van der Waals surface area contributed by atoms with E-state index in [4.69, 9.17) is 4.74 Å². The molecule has 5 heteroatoms. The molecule has 2 rings (SSSR count). The van der Waals surface area contributed by atoms with Gasteiger partial charge in [-0.1, -0.05) is 12.1 Å². The molecular weight excluding hydrogens is 218 g/mol. The predicted octanol–water partition coefficient (Wildman–Crippen LogP) is 2.44. The number of ether oxygens (including phenoxy) is 1. The van der Waals surface area contributed by atoms with Crippen LogP contribution in [0.1, 0.15) is 6.92 Å². The molecule has 0 fully saturated rings. The molecule has 0 unspecified atom stereocenters. The fourth-order valence-electron chi connectivity index (χ4n) is 1.48. The van der Waals surface area contributed by atoms with Crippen LogP contribution >= 0.6 is 0 Å². The third-order valence-electron chi connectivity index (χ3n) is 2.20. The third kappa shape index (κ3) is 2.63. The lowest BCUT2D eigenvalue weighted by Crippen LogP contribution is -2.14. The van der Waals surface area contributed by atoms with Gasteiger partial charge in [-0.2, -0.15) is 0 Å². The van der Waals surface area contributed by atoms with Gasteiger partial charge in [-0.15, -0.1) is 0 Å². The van der Waals surface area contributed by atoms with Crippen LogP contribution in [-0.4, -0.2) is 22.3 Å². The molecule has 1 aromatic carbocycles. The third-order valence-corrected chi connectivity index (χ3v) is 2.20. The summed E-state index contributed by atoms with van der Waals surface area (Å²) in [6, 6.07) is 7.45. The fourth-order valence-corrected chi connectivity index (χ4v) is 1.48. The maximum absolute atomic E-state index is 11.4. The van der Waals surface area contributed by atoms with E-state index in [-0.39, 0.29) is 0 Å². The first-order chi connectivity index (χ1) is 8.31. The highest BCUT2D eigenvalue weighted by Crippen LogP contribution is 2.19. The van der Waals surface area contributed by atoms with E-state index < -0.39 is 6.09 Å². The van der Waals surface area contributed by atoms with Crippen molar-refractivity contribution in [2.75, 3.05) is 11.9 Å². The Hall–Kier alpha value is -2.30. The zero-order valence-corrected chi connectivity index (χ0v) is 9.46. The Labute approximate surface area is 99.0 Å². The number of imidazole rings is 1. The quantitative estimate of drug-likeness (QED) is 0.882. The lowest BCUT2D eigenvalue weighted by atomic mass is 10.2. The molecule has 0 atom stereocenters. The van der Waals surface area contributed by atoms with E-state index in [0.29, 0.717) is 12.3 Å². The Morgan fingerprint density at radius 1 is 1.47 bits per heavy atom. The first kappa shape index (κ1) is 11.2. The second-order valence-electron chi connectivity index (χ2n) is 3.33. The summed E-state index contributed by atoms with van der Waals surface area (Å²) in [5, 5.41) is 2.69. The minimum Gasteiger partial charge on any atom is -0.450 e. The number of anilines is 1. The molecule has 0 bridgehead atoms. The van der Waals surface area contributed by atoms with Gasteiger partial charge in [0.1, 0.15) is 0 Å². The van der Waals surface area contributed by atoms with Crippen molar-refractivity contribution in [3.63, 3.8) is 0 Å². The Kier molecular flexibility index (Phi) is 3.40. The molecule has 0 radical (unpaired) electrons. The van der Waals surface area contributed by atoms with E-state index in [1.165, 1.54) is 0 Å². The highest BCUT2D eigenvalue weighted by Gasteiger charge is 2.07. The summed E-state index contributed by atoms with van der Waals surface area (Å²) in [4.78, 5) is 15.4. The van der Waals surface area contributed by atoms with Crippen LogP contribution in [0.5, 0.6) is 0 Å².